The van der Waals surface area contributed by atoms with Gasteiger partial charge in [-0.15, -0.1) is 0 Å². The first-order chi connectivity index (χ1) is 16.6. The molecule has 1 aromatic rings. The number of nitrogens with one attached hydrogen (secondary N) is 2. The summed E-state index contributed by atoms with van der Waals surface area (Å²) in [7, 11) is -0.117. The lowest BCUT2D eigenvalue weighted by atomic mass is 9.91. The Morgan fingerprint density at radius 3 is 2.22 bits per heavy atom. The van der Waals surface area contributed by atoms with E-state index in [2.05, 4.69) is 10.1 Å². The highest BCUT2D eigenvalue weighted by Crippen LogP contribution is 2.22. The molecule has 2 amide bonds. The van der Waals surface area contributed by atoms with Crippen molar-refractivity contribution in [2.45, 2.75) is 72.4 Å². The van der Waals surface area contributed by atoms with E-state index >= 15 is 0 Å². The Balaban J connectivity index is 3.20. The SMILES string of the molecule is CC(C)CCCS(=O)(=O)NC[C@@H](O)[C@H](Cc1ccccc1)N(NC(=O)CN(C)C)C(=O)CC(C)(C)C. The van der Waals surface area contributed by atoms with Crippen LogP contribution in [-0.4, -0.2) is 80.3 Å². The number of hydrazine groups is 1. The molecular weight excluding hydrogens is 480 g/mol. The number of carbonyl (C=O) groups is 2. The van der Waals surface area contributed by atoms with Crippen molar-refractivity contribution in [1.29, 1.82) is 0 Å². The summed E-state index contributed by atoms with van der Waals surface area (Å²) < 4.78 is 27.5. The van der Waals surface area contributed by atoms with E-state index < -0.39 is 28.1 Å². The molecule has 1 aromatic carbocycles. The normalized spacial score (nSPS) is 14.1. The number of benzene rings is 1. The number of hydrogen-bond acceptors (Lipinski definition) is 6. The molecule has 0 aliphatic carbocycles. The van der Waals surface area contributed by atoms with Crippen LogP contribution in [0, 0.1) is 11.3 Å². The molecule has 3 N–H and O–H groups in total. The number of rotatable bonds is 14. The molecule has 0 aliphatic rings. The first kappa shape index (κ1) is 32.0. The van der Waals surface area contributed by atoms with Gasteiger partial charge in [-0.25, -0.2) is 18.1 Å². The Bertz CT molecular complexity index is 914. The maximum absolute atomic E-state index is 13.4. The fourth-order valence-corrected chi connectivity index (χ4v) is 4.80. The molecule has 0 saturated heterocycles. The fraction of sp³-hybridized carbons (Fsp3) is 0.692. The number of sulfonamides is 1. The van der Waals surface area contributed by atoms with Gasteiger partial charge < -0.3 is 10.0 Å². The Labute approximate surface area is 217 Å². The lowest BCUT2D eigenvalue weighted by Crippen LogP contribution is -2.60. The topological polar surface area (TPSA) is 119 Å². The highest BCUT2D eigenvalue weighted by atomic mass is 32.2. The summed E-state index contributed by atoms with van der Waals surface area (Å²) >= 11 is 0. The zero-order valence-electron chi connectivity index (χ0n) is 23.0. The molecule has 9 nitrogen and oxygen atoms in total. The van der Waals surface area contributed by atoms with Crippen molar-refractivity contribution in [2.75, 3.05) is 32.9 Å². The van der Waals surface area contributed by atoms with Crippen molar-refractivity contribution in [2.24, 2.45) is 11.3 Å². The minimum Gasteiger partial charge on any atom is -0.390 e. The van der Waals surface area contributed by atoms with Crippen molar-refractivity contribution >= 4 is 21.8 Å². The van der Waals surface area contributed by atoms with Crippen molar-refractivity contribution in [3.63, 3.8) is 0 Å². The molecule has 0 bridgehead atoms. The van der Waals surface area contributed by atoms with Crippen molar-refractivity contribution in [3.05, 3.63) is 35.9 Å². The molecule has 0 aromatic heterocycles. The average Bonchev–Trinajstić information content (AvgIpc) is 2.73. The fourth-order valence-electron chi connectivity index (χ4n) is 3.68. The molecule has 0 fully saturated rings. The minimum absolute atomic E-state index is 0.0342. The molecule has 0 saturated carbocycles. The number of likely N-dealkylation sites (N-methyl/N-ethyl adjacent to an activating group) is 1. The molecule has 36 heavy (non-hydrogen) atoms. The summed E-state index contributed by atoms with van der Waals surface area (Å²) in [5.41, 5.74) is 3.17. The van der Waals surface area contributed by atoms with Crippen LogP contribution < -0.4 is 10.1 Å². The highest BCUT2D eigenvalue weighted by Gasteiger charge is 2.34. The number of amides is 2. The average molecular weight is 527 g/mol. The van der Waals surface area contributed by atoms with Gasteiger partial charge in [0.2, 0.25) is 15.9 Å². The van der Waals surface area contributed by atoms with Crippen LogP contribution in [0.3, 0.4) is 0 Å². The molecule has 0 spiro atoms. The molecule has 2 atom stereocenters. The number of carbonyl (C=O) groups excluding carboxylic acids is 2. The standard InChI is InChI=1S/C26H46N4O5S/c1-20(2)12-11-15-36(34,35)27-18-23(31)22(16-21-13-9-8-10-14-21)30(25(33)17-26(3,4)5)28-24(32)19-29(6)7/h8-10,13-14,20,22-23,27,31H,11-12,15-19H2,1-7H3,(H,28,32)/t22-,23+/m0/s1. The van der Waals surface area contributed by atoms with Gasteiger partial charge in [-0.05, 0) is 50.3 Å². The second-order valence-electron chi connectivity index (χ2n) is 11.3. The van der Waals surface area contributed by atoms with E-state index in [4.69, 9.17) is 0 Å². The van der Waals surface area contributed by atoms with Crippen LogP contribution in [0.4, 0.5) is 0 Å². The number of aliphatic hydroxyl groups excluding tert-OH is 1. The van der Waals surface area contributed by atoms with Crippen LogP contribution in [0.1, 0.15) is 59.4 Å². The number of aliphatic hydroxyl groups is 1. The summed E-state index contributed by atoms with van der Waals surface area (Å²) in [6.45, 7) is 9.59. The Kier molecular flexibility index (Phi) is 13.0. The summed E-state index contributed by atoms with van der Waals surface area (Å²) in [5.74, 6) is -0.390. The van der Waals surface area contributed by atoms with Gasteiger partial charge in [-0.2, -0.15) is 0 Å². The predicted octanol–water partition coefficient (Wildman–Crippen LogP) is 2.17. The number of hydrogen-bond donors (Lipinski definition) is 3. The lowest BCUT2D eigenvalue weighted by Gasteiger charge is -2.36. The van der Waals surface area contributed by atoms with Crippen molar-refractivity contribution in [3.8, 4) is 0 Å². The third kappa shape index (κ3) is 13.3. The predicted molar refractivity (Wildman–Crippen MR) is 143 cm³/mol. The van der Waals surface area contributed by atoms with Crippen LogP contribution >= 0.6 is 0 Å². The second kappa shape index (κ2) is 14.7. The Morgan fingerprint density at radius 2 is 1.69 bits per heavy atom. The van der Waals surface area contributed by atoms with E-state index in [1.54, 1.807) is 19.0 Å². The molecule has 10 heteroatoms. The Morgan fingerprint density at radius 1 is 1.08 bits per heavy atom. The third-order valence-corrected chi connectivity index (χ3v) is 6.86. The van der Waals surface area contributed by atoms with E-state index in [9.17, 15) is 23.1 Å². The van der Waals surface area contributed by atoms with Crippen LogP contribution in [-0.2, 0) is 26.0 Å². The van der Waals surface area contributed by atoms with Gasteiger partial charge in [0.1, 0.15) is 0 Å². The molecule has 0 unspecified atom stereocenters. The van der Waals surface area contributed by atoms with Gasteiger partial charge >= 0.3 is 0 Å². The van der Waals surface area contributed by atoms with Gasteiger partial charge in [-0.1, -0.05) is 65.0 Å². The zero-order chi connectivity index (χ0) is 27.5. The summed E-state index contributed by atoms with van der Waals surface area (Å²) in [4.78, 5) is 27.7. The van der Waals surface area contributed by atoms with Gasteiger partial charge in [0, 0.05) is 13.0 Å². The quantitative estimate of drug-likeness (QED) is 0.320. The van der Waals surface area contributed by atoms with Gasteiger partial charge in [0.05, 0.1) is 24.4 Å². The van der Waals surface area contributed by atoms with Gasteiger partial charge in [0.15, 0.2) is 0 Å². The first-order valence-electron chi connectivity index (χ1n) is 12.5. The Hall–Kier alpha value is -2.01. The smallest absolute Gasteiger partial charge is 0.252 e. The van der Waals surface area contributed by atoms with E-state index in [1.165, 1.54) is 5.01 Å². The highest BCUT2D eigenvalue weighted by molar-refractivity contribution is 7.89. The van der Waals surface area contributed by atoms with Crippen LogP contribution in [0.5, 0.6) is 0 Å². The molecule has 0 aliphatic heterocycles. The molecule has 0 heterocycles. The van der Waals surface area contributed by atoms with Gasteiger partial charge in [-0.3, -0.25) is 15.0 Å². The maximum Gasteiger partial charge on any atom is 0.252 e. The lowest BCUT2D eigenvalue weighted by molar-refractivity contribution is -0.149. The van der Waals surface area contributed by atoms with Crippen molar-refractivity contribution < 1.29 is 23.1 Å². The first-order valence-corrected chi connectivity index (χ1v) is 14.2. The third-order valence-electron chi connectivity index (χ3n) is 5.43. The van der Waals surface area contributed by atoms with Gasteiger partial charge in [0.25, 0.3) is 5.91 Å². The van der Waals surface area contributed by atoms with Crippen molar-refractivity contribution in [1.82, 2.24) is 20.1 Å². The number of nitrogens with zero attached hydrogens (tertiary/aromatic N) is 2. The molecule has 206 valence electrons. The van der Waals surface area contributed by atoms with Crippen LogP contribution in [0.2, 0.25) is 0 Å². The van der Waals surface area contributed by atoms with E-state index in [0.29, 0.717) is 12.3 Å². The second-order valence-corrected chi connectivity index (χ2v) is 13.2. The largest absolute Gasteiger partial charge is 0.390 e. The van der Waals surface area contributed by atoms with Crippen LogP contribution in [0.15, 0.2) is 30.3 Å². The summed E-state index contributed by atoms with van der Waals surface area (Å²) in [6.07, 6.45) is 0.415. The minimum atomic E-state index is -3.60. The van der Waals surface area contributed by atoms with E-state index in [1.807, 2.05) is 65.0 Å². The monoisotopic (exact) mass is 526 g/mol. The van der Waals surface area contributed by atoms with E-state index in [-0.39, 0.29) is 43.0 Å². The zero-order valence-corrected chi connectivity index (χ0v) is 23.8. The summed E-state index contributed by atoms with van der Waals surface area (Å²) in [5, 5.41) is 12.4. The van der Waals surface area contributed by atoms with Crippen LogP contribution in [0.25, 0.3) is 0 Å². The summed E-state index contributed by atoms with van der Waals surface area (Å²) in [6, 6.07) is 8.41. The molecule has 1 rings (SSSR count). The molecular formula is C26H46N4O5S. The van der Waals surface area contributed by atoms with E-state index in [0.717, 1.165) is 12.0 Å². The maximum atomic E-state index is 13.4. The molecule has 0 radical (unpaired) electrons.